The van der Waals surface area contributed by atoms with Crippen LogP contribution in [-0.4, -0.2) is 40.0 Å². The molecule has 1 heterocycles. The number of rotatable bonds is 4. The second-order valence-electron chi connectivity index (χ2n) is 5.05. The lowest BCUT2D eigenvalue weighted by Gasteiger charge is -2.33. The molecule has 1 aromatic carbocycles. The number of nitro groups is 1. The largest absolute Gasteiger partial charge is 0.394 e. The molecule has 1 aliphatic heterocycles. The molecule has 0 spiro atoms. The quantitative estimate of drug-likeness (QED) is 0.522. The van der Waals surface area contributed by atoms with Gasteiger partial charge in [0.1, 0.15) is 0 Å². The van der Waals surface area contributed by atoms with E-state index in [9.17, 15) is 20.0 Å². The Morgan fingerprint density at radius 3 is 2.71 bits per heavy atom. The minimum Gasteiger partial charge on any atom is -0.394 e. The Morgan fingerprint density at radius 2 is 2.10 bits per heavy atom. The Labute approximate surface area is 122 Å². The Kier molecular flexibility index (Phi) is 5.05. The smallest absolute Gasteiger partial charge is 0.269 e. The van der Waals surface area contributed by atoms with Crippen LogP contribution < -0.4 is 0 Å². The van der Waals surface area contributed by atoms with Crippen molar-refractivity contribution < 1.29 is 14.8 Å². The van der Waals surface area contributed by atoms with Crippen LogP contribution in [0.2, 0.25) is 0 Å². The number of amides is 1. The summed E-state index contributed by atoms with van der Waals surface area (Å²) >= 11 is 0. The summed E-state index contributed by atoms with van der Waals surface area (Å²) in [6.07, 6.45) is 5.90. The Morgan fingerprint density at radius 1 is 1.38 bits per heavy atom. The molecule has 0 aromatic heterocycles. The molecule has 1 amide bonds. The number of non-ortho nitro benzene ring substituents is 1. The van der Waals surface area contributed by atoms with Gasteiger partial charge >= 0.3 is 0 Å². The maximum Gasteiger partial charge on any atom is 0.269 e. The molecular formula is C15H18N2O4. The van der Waals surface area contributed by atoms with Gasteiger partial charge in [-0.05, 0) is 43.0 Å². The SMILES string of the molecule is O=C(/C=C/c1ccc([N+](=O)[O-])cc1)N1CCCCC1CO. The molecule has 0 radical (unpaired) electrons. The van der Waals surface area contributed by atoms with Gasteiger partial charge in [-0.15, -0.1) is 0 Å². The van der Waals surface area contributed by atoms with Crippen LogP contribution >= 0.6 is 0 Å². The molecule has 0 bridgehead atoms. The minimum atomic E-state index is -0.460. The third-order valence-corrected chi connectivity index (χ3v) is 3.64. The average molecular weight is 290 g/mol. The van der Waals surface area contributed by atoms with E-state index in [2.05, 4.69) is 0 Å². The third-order valence-electron chi connectivity index (χ3n) is 3.64. The van der Waals surface area contributed by atoms with E-state index in [1.54, 1.807) is 23.1 Å². The van der Waals surface area contributed by atoms with E-state index >= 15 is 0 Å². The van der Waals surface area contributed by atoms with E-state index in [-0.39, 0.29) is 24.2 Å². The second kappa shape index (κ2) is 6.99. The highest BCUT2D eigenvalue weighted by molar-refractivity contribution is 5.92. The number of nitro benzene ring substituents is 1. The van der Waals surface area contributed by atoms with E-state index in [1.165, 1.54) is 18.2 Å². The first-order valence-corrected chi connectivity index (χ1v) is 6.96. The molecule has 1 aromatic rings. The number of piperidine rings is 1. The predicted molar refractivity (Wildman–Crippen MR) is 78.6 cm³/mol. The van der Waals surface area contributed by atoms with Crippen LogP contribution in [-0.2, 0) is 4.79 Å². The number of hydrogen-bond donors (Lipinski definition) is 1. The number of hydrogen-bond acceptors (Lipinski definition) is 4. The van der Waals surface area contributed by atoms with E-state index < -0.39 is 4.92 Å². The summed E-state index contributed by atoms with van der Waals surface area (Å²) in [5, 5.41) is 19.9. The number of benzene rings is 1. The zero-order valence-corrected chi connectivity index (χ0v) is 11.6. The van der Waals surface area contributed by atoms with Crippen LogP contribution in [0.5, 0.6) is 0 Å². The summed E-state index contributed by atoms with van der Waals surface area (Å²) in [5.74, 6) is -0.132. The molecule has 1 saturated heterocycles. The summed E-state index contributed by atoms with van der Waals surface area (Å²) in [4.78, 5) is 23.9. The lowest BCUT2D eigenvalue weighted by molar-refractivity contribution is -0.384. The van der Waals surface area contributed by atoms with Crippen LogP contribution in [0.4, 0.5) is 5.69 Å². The van der Waals surface area contributed by atoms with Gasteiger partial charge < -0.3 is 10.0 Å². The highest BCUT2D eigenvalue weighted by Gasteiger charge is 2.24. The van der Waals surface area contributed by atoms with Crippen molar-refractivity contribution in [3.63, 3.8) is 0 Å². The predicted octanol–water partition coefficient (Wildman–Crippen LogP) is 1.98. The van der Waals surface area contributed by atoms with Crippen molar-refractivity contribution in [2.45, 2.75) is 25.3 Å². The monoisotopic (exact) mass is 290 g/mol. The lowest BCUT2D eigenvalue weighted by atomic mass is 10.0. The van der Waals surface area contributed by atoms with Crippen LogP contribution in [0.25, 0.3) is 6.08 Å². The van der Waals surface area contributed by atoms with E-state index in [4.69, 9.17) is 0 Å². The van der Waals surface area contributed by atoms with E-state index in [0.29, 0.717) is 6.54 Å². The van der Waals surface area contributed by atoms with Gasteiger partial charge in [0.25, 0.3) is 5.69 Å². The first kappa shape index (κ1) is 15.2. The molecule has 1 atom stereocenters. The molecule has 2 rings (SSSR count). The van der Waals surface area contributed by atoms with Crippen molar-refractivity contribution >= 4 is 17.7 Å². The van der Waals surface area contributed by atoms with Gasteiger partial charge in [0.2, 0.25) is 5.91 Å². The second-order valence-corrected chi connectivity index (χ2v) is 5.05. The Hall–Kier alpha value is -2.21. The average Bonchev–Trinajstić information content (AvgIpc) is 2.52. The number of aliphatic hydroxyl groups excluding tert-OH is 1. The third kappa shape index (κ3) is 3.88. The van der Waals surface area contributed by atoms with Crippen LogP contribution in [0.15, 0.2) is 30.3 Å². The number of aliphatic hydroxyl groups is 1. The van der Waals surface area contributed by atoms with Gasteiger partial charge in [0, 0.05) is 24.8 Å². The van der Waals surface area contributed by atoms with E-state index in [1.807, 2.05) is 0 Å². The van der Waals surface area contributed by atoms with E-state index in [0.717, 1.165) is 24.8 Å². The van der Waals surface area contributed by atoms with Crippen molar-refractivity contribution in [1.29, 1.82) is 0 Å². The molecular weight excluding hydrogens is 272 g/mol. The van der Waals surface area contributed by atoms with Crippen LogP contribution in [0, 0.1) is 10.1 Å². The normalized spacial score (nSPS) is 18.9. The van der Waals surface area contributed by atoms with Gasteiger partial charge in [-0.2, -0.15) is 0 Å². The number of carbonyl (C=O) groups is 1. The van der Waals surface area contributed by atoms with Crippen molar-refractivity contribution in [1.82, 2.24) is 4.90 Å². The molecule has 0 aliphatic carbocycles. The maximum atomic E-state index is 12.1. The molecule has 1 aliphatic rings. The topological polar surface area (TPSA) is 83.7 Å². The number of carbonyl (C=O) groups excluding carboxylic acids is 1. The zero-order chi connectivity index (χ0) is 15.2. The van der Waals surface area contributed by atoms with Crippen molar-refractivity contribution in [2.24, 2.45) is 0 Å². The molecule has 112 valence electrons. The number of likely N-dealkylation sites (tertiary alicyclic amines) is 1. The van der Waals surface area contributed by atoms with Gasteiger partial charge in [-0.1, -0.05) is 0 Å². The standard InChI is InChI=1S/C15H18N2O4/c18-11-14-3-1-2-10-16(14)15(19)9-6-12-4-7-13(8-5-12)17(20)21/h4-9,14,18H,1-3,10-11H2/b9-6+. The molecule has 1 unspecified atom stereocenters. The van der Waals surface area contributed by atoms with Crippen molar-refractivity contribution in [2.75, 3.05) is 13.2 Å². The fraction of sp³-hybridized carbons (Fsp3) is 0.400. The first-order chi connectivity index (χ1) is 10.1. The minimum absolute atomic E-state index is 0.0168. The van der Waals surface area contributed by atoms with Crippen molar-refractivity contribution in [3.8, 4) is 0 Å². The summed E-state index contributed by atoms with van der Waals surface area (Å²) < 4.78 is 0. The molecule has 21 heavy (non-hydrogen) atoms. The van der Waals surface area contributed by atoms with Crippen LogP contribution in [0.3, 0.4) is 0 Å². The molecule has 0 saturated carbocycles. The first-order valence-electron chi connectivity index (χ1n) is 6.96. The molecule has 1 fully saturated rings. The van der Waals surface area contributed by atoms with Crippen molar-refractivity contribution in [3.05, 3.63) is 46.0 Å². The molecule has 1 N–H and O–H groups in total. The zero-order valence-electron chi connectivity index (χ0n) is 11.6. The maximum absolute atomic E-state index is 12.1. The summed E-state index contributed by atoms with van der Waals surface area (Å²) in [6.45, 7) is 0.645. The summed E-state index contributed by atoms with van der Waals surface area (Å²) in [6, 6.07) is 5.90. The van der Waals surface area contributed by atoms with Gasteiger partial charge in [-0.3, -0.25) is 14.9 Å². The highest BCUT2D eigenvalue weighted by atomic mass is 16.6. The highest BCUT2D eigenvalue weighted by Crippen LogP contribution is 2.18. The summed E-state index contributed by atoms with van der Waals surface area (Å²) in [5.41, 5.74) is 0.751. The van der Waals surface area contributed by atoms with Gasteiger partial charge in [-0.25, -0.2) is 0 Å². The van der Waals surface area contributed by atoms with Gasteiger partial charge in [0.15, 0.2) is 0 Å². The lowest BCUT2D eigenvalue weighted by Crippen LogP contribution is -2.44. The molecule has 6 nitrogen and oxygen atoms in total. The molecule has 6 heteroatoms. The Bertz CT molecular complexity index is 539. The summed E-state index contributed by atoms with van der Waals surface area (Å²) in [7, 11) is 0. The van der Waals surface area contributed by atoms with Crippen LogP contribution in [0.1, 0.15) is 24.8 Å². The number of nitrogens with zero attached hydrogens (tertiary/aromatic N) is 2. The van der Waals surface area contributed by atoms with Gasteiger partial charge in [0.05, 0.1) is 17.6 Å². The Balaban J connectivity index is 2.02. The fourth-order valence-corrected chi connectivity index (χ4v) is 2.45. The fourth-order valence-electron chi connectivity index (χ4n) is 2.45.